The first kappa shape index (κ1) is 20.8. The first-order chi connectivity index (χ1) is 13.0. The molecular weight excluding hydrogens is 346 g/mol. The Morgan fingerprint density at radius 3 is 2.59 bits per heavy atom. The Morgan fingerprint density at radius 2 is 1.96 bits per heavy atom. The number of ether oxygens (including phenoxy) is 2. The van der Waals surface area contributed by atoms with Gasteiger partial charge in [-0.15, -0.1) is 6.58 Å². The van der Waals surface area contributed by atoms with Crippen LogP contribution in [0, 0.1) is 5.92 Å². The van der Waals surface area contributed by atoms with Crippen LogP contribution in [-0.2, 0) is 4.79 Å². The number of aliphatic carboxylic acids is 1. The van der Waals surface area contributed by atoms with Crippen molar-refractivity contribution in [1.82, 2.24) is 4.90 Å². The lowest BCUT2D eigenvalue weighted by Crippen LogP contribution is -2.36. The van der Waals surface area contributed by atoms with Gasteiger partial charge in [0.05, 0.1) is 6.61 Å². The van der Waals surface area contributed by atoms with Gasteiger partial charge in [-0.2, -0.15) is 0 Å². The van der Waals surface area contributed by atoms with Crippen molar-refractivity contribution in [1.29, 1.82) is 0 Å². The van der Waals surface area contributed by atoms with Crippen molar-refractivity contribution < 1.29 is 24.2 Å². The predicted octanol–water partition coefficient (Wildman–Crippen LogP) is 3.76. The second-order valence-corrected chi connectivity index (χ2v) is 6.78. The van der Waals surface area contributed by atoms with Crippen LogP contribution in [0.5, 0.6) is 11.5 Å². The van der Waals surface area contributed by atoms with Crippen LogP contribution in [0.25, 0.3) is 0 Å². The first-order valence-electron chi connectivity index (χ1n) is 9.56. The smallest absolute Gasteiger partial charge is 0.341 e. The van der Waals surface area contributed by atoms with Crippen LogP contribution in [0.4, 0.5) is 0 Å². The number of carbonyl (C=O) groups excluding carboxylic acids is 1. The summed E-state index contributed by atoms with van der Waals surface area (Å²) in [5, 5.41) is 8.79. The van der Waals surface area contributed by atoms with Crippen molar-refractivity contribution >= 4 is 11.9 Å². The zero-order valence-electron chi connectivity index (χ0n) is 16.0. The summed E-state index contributed by atoms with van der Waals surface area (Å²) in [4.78, 5) is 25.6. The van der Waals surface area contributed by atoms with E-state index in [2.05, 4.69) is 6.58 Å². The number of carboxylic acids is 1. The Hall–Kier alpha value is -2.50. The topological polar surface area (TPSA) is 76.1 Å². The van der Waals surface area contributed by atoms with Gasteiger partial charge in [0.1, 0.15) is 0 Å². The maximum absolute atomic E-state index is 13.0. The fourth-order valence-electron chi connectivity index (χ4n) is 3.43. The molecule has 0 atom stereocenters. The van der Waals surface area contributed by atoms with E-state index in [1.54, 1.807) is 24.3 Å². The second kappa shape index (κ2) is 10.6. The Bertz CT molecular complexity index is 652. The Kier molecular flexibility index (Phi) is 8.17. The van der Waals surface area contributed by atoms with Crippen LogP contribution in [0.2, 0.25) is 0 Å². The summed E-state index contributed by atoms with van der Waals surface area (Å²) in [7, 11) is 0. The minimum Gasteiger partial charge on any atom is -0.490 e. The maximum Gasteiger partial charge on any atom is 0.341 e. The molecule has 0 saturated heterocycles. The van der Waals surface area contributed by atoms with Gasteiger partial charge in [-0.25, -0.2) is 4.79 Å². The number of hydrogen-bond donors (Lipinski definition) is 1. The molecule has 1 aliphatic rings. The molecule has 1 saturated carbocycles. The fourth-order valence-corrected chi connectivity index (χ4v) is 3.43. The standard InChI is InChI=1S/C21H29NO5/c1-3-12-22(14-16-8-6-5-7-9-16)21(25)17-10-11-18(27-15-20(23)24)19(13-17)26-4-2/h3,10-11,13,16H,1,4-9,12,14-15H2,2H3,(H,23,24). The van der Waals surface area contributed by atoms with Crippen LogP contribution in [0.15, 0.2) is 30.9 Å². The van der Waals surface area contributed by atoms with Gasteiger partial charge in [-0.05, 0) is 43.9 Å². The normalized spacial score (nSPS) is 14.4. The molecule has 27 heavy (non-hydrogen) atoms. The van der Waals surface area contributed by atoms with Gasteiger partial charge in [0.15, 0.2) is 18.1 Å². The number of carbonyl (C=O) groups is 2. The van der Waals surface area contributed by atoms with Crippen molar-refractivity contribution in [2.75, 3.05) is 26.3 Å². The average molecular weight is 375 g/mol. The summed E-state index contributed by atoms with van der Waals surface area (Å²) in [6.07, 6.45) is 7.80. The van der Waals surface area contributed by atoms with E-state index in [0.717, 1.165) is 19.4 Å². The third-order valence-corrected chi connectivity index (χ3v) is 4.68. The zero-order chi connectivity index (χ0) is 19.6. The average Bonchev–Trinajstić information content (AvgIpc) is 2.67. The largest absolute Gasteiger partial charge is 0.490 e. The molecule has 0 unspecified atom stereocenters. The SMILES string of the molecule is C=CCN(CC1CCCCC1)C(=O)c1ccc(OCC(=O)O)c(OCC)c1. The lowest BCUT2D eigenvalue weighted by molar-refractivity contribution is -0.139. The lowest BCUT2D eigenvalue weighted by atomic mass is 9.89. The molecule has 1 aliphatic carbocycles. The highest BCUT2D eigenvalue weighted by Gasteiger charge is 2.22. The molecule has 0 spiro atoms. The van der Waals surface area contributed by atoms with Gasteiger partial charge in [-0.1, -0.05) is 25.3 Å². The summed E-state index contributed by atoms with van der Waals surface area (Å²) in [6.45, 7) is 6.75. The predicted molar refractivity (Wildman–Crippen MR) is 103 cm³/mol. The molecule has 1 aromatic carbocycles. The third kappa shape index (κ3) is 6.31. The number of carboxylic acid groups (broad SMARTS) is 1. The first-order valence-corrected chi connectivity index (χ1v) is 9.56. The highest BCUT2D eigenvalue weighted by molar-refractivity contribution is 5.95. The molecular formula is C21H29NO5. The molecule has 1 amide bonds. The number of nitrogens with zero attached hydrogens (tertiary/aromatic N) is 1. The Morgan fingerprint density at radius 1 is 1.22 bits per heavy atom. The van der Waals surface area contributed by atoms with Gasteiger partial charge >= 0.3 is 5.97 Å². The van der Waals surface area contributed by atoms with Crippen LogP contribution < -0.4 is 9.47 Å². The highest BCUT2D eigenvalue weighted by atomic mass is 16.5. The molecule has 0 aromatic heterocycles. The molecule has 0 aliphatic heterocycles. The van der Waals surface area contributed by atoms with Crippen LogP contribution in [-0.4, -0.2) is 48.2 Å². The van der Waals surface area contributed by atoms with Crippen molar-refractivity contribution in [2.45, 2.75) is 39.0 Å². The van der Waals surface area contributed by atoms with E-state index >= 15 is 0 Å². The van der Waals surface area contributed by atoms with E-state index in [-0.39, 0.29) is 5.91 Å². The Labute approximate surface area is 160 Å². The molecule has 6 nitrogen and oxygen atoms in total. The summed E-state index contributed by atoms with van der Waals surface area (Å²) >= 11 is 0. The van der Waals surface area contributed by atoms with Gasteiger partial charge < -0.3 is 19.5 Å². The monoisotopic (exact) mass is 375 g/mol. The van der Waals surface area contributed by atoms with Crippen LogP contribution >= 0.6 is 0 Å². The van der Waals surface area contributed by atoms with Crippen LogP contribution in [0.3, 0.4) is 0 Å². The van der Waals surface area contributed by atoms with Crippen molar-refractivity contribution in [3.63, 3.8) is 0 Å². The second-order valence-electron chi connectivity index (χ2n) is 6.78. The highest BCUT2D eigenvalue weighted by Crippen LogP contribution is 2.30. The molecule has 0 heterocycles. The zero-order valence-corrected chi connectivity index (χ0v) is 16.0. The number of hydrogen-bond acceptors (Lipinski definition) is 4. The molecule has 6 heteroatoms. The summed E-state index contributed by atoms with van der Waals surface area (Å²) < 4.78 is 10.8. The molecule has 1 N–H and O–H groups in total. The minimum atomic E-state index is -1.07. The molecule has 0 radical (unpaired) electrons. The summed E-state index contributed by atoms with van der Waals surface area (Å²) in [6, 6.07) is 4.87. The summed E-state index contributed by atoms with van der Waals surface area (Å²) in [5.74, 6) is 0.0832. The van der Waals surface area contributed by atoms with Gasteiger partial charge in [-0.3, -0.25) is 4.79 Å². The van der Waals surface area contributed by atoms with Gasteiger partial charge in [0.2, 0.25) is 0 Å². The number of rotatable bonds is 10. The van der Waals surface area contributed by atoms with Gasteiger partial charge in [0, 0.05) is 18.7 Å². The van der Waals surface area contributed by atoms with E-state index < -0.39 is 12.6 Å². The molecule has 1 aromatic rings. The van der Waals surface area contributed by atoms with E-state index in [0.29, 0.717) is 36.1 Å². The maximum atomic E-state index is 13.0. The molecule has 1 fully saturated rings. The van der Waals surface area contributed by atoms with Crippen LogP contribution in [0.1, 0.15) is 49.4 Å². The summed E-state index contributed by atoms with van der Waals surface area (Å²) in [5.41, 5.74) is 0.499. The van der Waals surface area contributed by atoms with Crippen molar-refractivity contribution in [3.8, 4) is 11.5 Å². The van der Waals surface area contributed by atoms with E-state index in [1.807, 2.05) is 11.8 Å². The molecule has 148 valence electrons. The number of benzene rings is 1. The van der Waals surface area contributed by atoms with Crippen molar-refractivity contribution in [3.05, 3.63) is 36.4 Å². The van der Waals surface area contributed by atoms with E-state index in [4.69, 9.17) is 14.6 Å². The fraction of sp³-hybridized carbons (Fsp3) is 0.524. The van der Waals surface area contributed by atoms with E-state index in [9.17, 15) is 9.59 Å². The van der Waals surface area contributed by atoms with Gasteiger partial charge in [0.25, 0.3) is 5.91 Å². The Balaban J connectivity index is 2.16. The molecule has 2 rings (SSSR count). The van der Waals surface area contributed by atoms with E-state index in [1.165, 1.54) is 19.3 Å². The quantitative estimate of drug-likeness (QED) is 0.630. The lowest BCUT2D eigenvalue weighted by Gasteiger charge is -2.29. The number of amides is 1. The third-order valence-electron chi connectivity index (χ3n) is 4.68. The minimum absolute atomic E-state index is 0.0776. The molecule has 0 bridgehead atoms. The van der Waals surface area contributed by atoms with Crippen molar-refractivity contribution in [2.24, 2.45) is 5.92 Å².